The Hall–Kier alpha value is -2.44. The lowest BCUT2D eigenvalue weighted by Crippen LogP contribution is -2.58. The zero-order valence-electron chi connectivity index (χ0n) is 14.7. The fraction of sp³-hybridized carbons (Fsp3) is 0.556. The molecule has 1 aromatic carbocycles. The van der Waals surface area contributed by atoms with Crippen LogP contribution in [-0.2, 0) is 11.3 Å². The molecule has 2 atom stereocenters. The van der Waals surface area contributed by atoms with Crippen LogP contribution in [0, 0.1) is 28.9 Å². The molecule has 2 aliphatic rings. The van der Waals surface area contributed by atoms with Crippen molar-refractivity contribution in [3.8, 4) is 0 Å². The Morgan fingerprint density at radius 3 is 2.52 bits per heavy atom. The number of carbonyl (C=O) groups is 2. The Kier molecular flexibility index (Phi) is 4.26. The van der Waals surface area contributed by atoms with E-state index >= 15 is 0 Å². The van der Waals surface area contributed by atoms with Gasteiger partial charge in [-0.2, -0.15) is 0 Å². The Morgan fingerprint density at radius 1 is 1.28 bits per heavy atom. The first kappa shape index (κ1) is 17.4. The van der Waals surface area contributed by atoms with Gasteiger partial charge in [0, 0.05) is 11.6 Å². The first-order valence-corrected chi connectivity index (χ1v) is 8.66. The summed E-state index contributed by atoms with van der Waals surface area (Å²) in [6.07, 6.45) is 2.86. The van der Waals surface area contributed by atoms with Crippen LogP contribution in [0.25, 0.3) is 0 Å². The zero-order chi connectivity index (χ0) is 18.4. The average molecular weight is 345 g/mol. The normalized spacial score (nSPS) is 29.2. The largest absolute Gasteiger partial charge is 0.325 e. The Bertz CT molecular complexity index is 736. The number of amides is 3. The maximum Gasteiger partial charge on any atom is 0.325 e. The minimum atomic E-state index is -0.843. The van der Waals surface area contributed by atoms with Crippen molar-refractivity contribution in [2.24, 2.45) is 11.8 Å². The molecule has 0 radical (unpaired) electrons. The van der Waals surface area contributed by atoms with Crippen molar-refractivity contribution < 1.29 is 14.5 Å². The van der Waals surface area contributed by atoms with E-state index in [1.54, 1.807) is 19.1 Å². The lowest BCUT2D eigenvalue weighted by atomic mass is 9.67. The number of hydrogen-bond acceptors (Lipinski definition) is 4. The molecule has 2 unspecified atom stereocenters. The average Bonchev–Trinajstić information content (AvgIpc) is 2.80. The van der Waals surface area contributed by atoms with Gasteiger partial charge in [0.25, 0.3) is 11.6 Å². The third-order valence-corrected chi connectivity index (χ3v) is 5.93. The molecule has 0 aromatic heterocycles. The summed E-state index contributed by atoms with van der Waals surface area (Å²) in [7, 11) is 0. The fourth-order valence-corrected chi connectivity index (χ4v) is 4.31. The standard InChI is InChI=1S/C18H23N3O4/c1-11-6-4-7-12(2)18(11)16(22)20(17(23)19-18)10-14-8-5-9-15(13(14)3)21(24)25/h5,8-9,11-12H,4,6-7,10H2,1-3H3,(H,19,23). The highest BCUT2D eigenvalue weighted by Crippen LogP contribution is 2.42. The summed E-state index contributed by atoms with van der Waals surface area (Å²) < 4.78 is 0. The van der Waals surface area contributed by atoms with Gasteiger partial charge in [-0.05, 0) is 37.2 Å². The smallest absolute Gasteiger partial charge is 0.323 e. The first-order chi connectivity index (χ1) is 11.8. The summed E-state index contributed by atoms with van der Waals surface area (Å²) in [5.74, 6) is -0.0593. The number of urea groups is 1. The first-order valence-electron chi connectivity index (χ1n) is 8.66. The third kappa shape index (κ3) is 2.58. The quantitative estimate of drug-likeness (QED) is 0.517. The van der Waals surface area contributed by atoms with E-state index in [1.807, 2.05) is 13.8 Å². The topological polar surface area (TPSA) is 92.6 Å². The molecule has 0 bridgehead atoms. The molecular weight excluding hydrogens is 322 g/mol. The highest BCUT2D eigenvalue weighted by Gasteiger charge is 2.58. The number of nitro benzene ring substituents is 1. The minimum Gasteiger partial charge on any atom is -0.323 e. The van der Waals surface area contributed by atoms with E-state index in [-0.39, 0.29) is 30.0 Å². The van der Waals surface area contributed by atoms with Gasteiger partial charge in [0.05, 0.1) is 11.5 Å². The van der Waals surface area contributed by atoms with Crippen LogP contribution in [0.4, 0.5) is 10.5 Å². The highest BCUT2D eigenvalue weighted by molar-refractivity contribution is 6.07. The molecule has 1 saturated carbocycles. The summed E-state index contributed by atoms with van der Waals surface area (Å²) in [4.78, 5) is 37.6. The van der Waals surface area contributed by atoms with E-state index in [1.165, 1.54) is 11.0 Å². The SMILES string of the molecule is Cc1c(CN2C(=O)NC3(C2=O)C(C)CCCC3C)cccc1[N+](=O)[O-]. The number of nitro groups is 1. The number of benzene rings is 1. The molecule has 1 saturated heterocycles. The van der Waals surface area contributed by atoms with Crippen LogP contribution in [0.3, 0.4) is 0 Å². The van der Waals surface area contributed by atoms with Crippen LogP contribution < -0.4 is 5.32 Å². The van der Waals surface area contributed by atoms with Gasteiger partial charge < -0.3 is 5.32 Å². The van der Waals surface area contributed by atoms with Crippen molar-refractivity contribution in [1.82, 2.24) is 10.2 Å². The number of nitrogens with one attached hydrogen (secondary N) is 1. The monoisotopic (exact) mass is 345 g/mol. The lowest BCUT2D eigenvalue weighted by Gasteiger charge is -2.42. The van der Waals surface area contributed by atoms with E-state index < -0.39 is 16.5 Å². The van der Waals surface area contributed by atoms with Crippen molar-refractivity contribution in [1.29, 1.82) is 0 Å². The van der Waals surface area contributed by atoms with Gasteiger partial charge in [-0.15, -0.1) is 0 Å². The van der Waals surface area contributed by atoms with Crippen molar-refractivity contribution >= 4 is 17.6 Å². The molecule has 134 valence electrons. The van der Waals surface area contributed by atoms with Gasteiger partial charge in [0.15, 0.2) is 0 Å². The van der Waals surface area contributed by atoms with Crippen LogP contribution in [-0.4, -0.2) is 27.3 Å². The molecule has 3 amide bonds. The number of hydrogen-bond donors (Lipinski definition) is 1. The molecule has 1 heterocycles. The van der Waals surface area contributed by atoms with E-state index in [2.05, 4.69) is 5.32 Å². The van der Waals surface area contributed by atoms with E-state index in [9.17, 15) is 19.7 Å². The van der Waals surface area contributed by atoms with Crippen LogP contribution in [0.1, 0.15) is 44.2 Å². The molecule has 1 spiro atoms. The maximum absolute atomic E-state index is 13.2. The number of imide groups is 1. The summed E-state index contributed by atoms with van der Waals surface area (Å²) in [6, 6.07) is 4.33. The molecule has 7 nitrogen and oxygen atoms in total. The van der Waals surface area contributed by atoms with Crippen LogP contribution in [0.2, 0.25) is 0 Å². The van der Waals surface area contributed by atoms with Gasteiger partial charge in [-0.25, -0.2) is 4.79 Å². The van der Waals surface area contributed by atoms with Crippen LogP contribution in [0.15, 0.2) is 18.2 Å². The van der Waals surface area contributed by atoms with E-state index in [4.69, 9.17) is 0 Å². The van der Waals surface area contributed by atoms with E-state index in [0.29, 0.717) is 11.1 Å². The van der Waals surface area contributed by atoms with Gasteiger partial charge >= 0.3 is 6.03 Å². The Morgan fingerprint density at radius 2 is 1.92 bits per heavy atom. The van der Waals surface area contributed by atoms with Crippen molar-refractivity contribution in [3.05, 3.63) is 39.4 Å². The van der Waals surface area contributed by atoms with E-state index in [0.717, 1.165) is 19.3 Å². The second kappa shape index (κ2) is 6.13. The molecule has 25 heavy (non-hydrogen) atoms. The molecule has 1 aliphatic heterocycles. The Balaban J connectivity index is 1.92. The number of nitrogens with zero attached hydrogens (tertiary/aromatic N) is 2. The number of rotatable bonds is 3. The third-order valence-electron chi connectivity index (χ3n) is 5.93. The molecule has 1 aromatic rings. The second-order valence-corrected chi connectivity index (χ2v) is 7.24. The summed E-state index contributed by atoms with van der Waals surface area (Å²) in [5.41, 5.74) is 0.257. The van der Waals surface area contributed by atoms with Gasteiger partial charge in [0.2, 0.25) is 0 Å². The maximum atomic E-state index is 13.2. The zero-order valence-corrected chi connectivity index (χ0v) is 14.7. The molecular formula is C18H23N3O4. The molecule has 7 heteroatoms. The summed E-state index contributed by atoms with van der Waals surface area (Å²) in [5, 5.41) is 14.1. The molecule has 1 N–H and O–H groups in total. The van der Waals surface area contributed by atoms with Gasteiger partial charge in [-0.3, -0.25) is 19.8 Å². The summed E-state index contributed by atoms with van der Waals surface area (Å²) in [6.45, 7) is 5.72. The Labute approximate surface area is 146 Å². The number of carbonyl (C=O) groups excluding carboxylic acids is 2. The second-order valence-electron chi connectivity index (χ2n) is 7.24. The highest BCUT2D eigenvalue weighted by atomic mass is 16.6. The lowest BCUT2D eigenvalue weighted by molar-refractivity contribution is -0.385. The van der Waals surface area contributed by atoms with Crippen molar-refractivity contribution in [3.63, 3.8) is 0 Å². The van der Waals surface area contributed by atoms with Crippen LogP contribution in [0.5, 0.6) is 0 Å². The summed E-state index contributed by atoms with van der Waals surface area (Å²) >= 11 is 0. The predicted molar refractivity (Wildman–Crippen MR) is 91.8 cm³/mol. The minimum absolute atomic E-state index is 0.00123. The predicted octanol–water partition coefficient (Wildman–Crippen LogP) is 3.15. The molecule has 1 aliphatic carbocycles. The molecule has 3 rings (SSSR count). The van der Waals surface area contributed by atoms with Crippen LogP contribution >= 0.6 is 0 Å². The van der Waals surface area contributed by atoms with Crippen molar-refractivity contribution in [2.75, 3.05) is 0 Å². The van der Waals surface area contributed by atoms with Gasteiger partial charge in [0.1, 0.15) is 5.54 Å². The van der Waals surface area contributed by atoms with Gasteiger partial charge in [-0.1, -0.05) is 32.4 Å². The molecule has 2 fully saturated rings. The fourth-order valence-electron chi connectivity index (χ4n) is 4.31. The van der Waals surface area contributed by atoms with Crippen molar-refractivity contribution in [2.45, 2.75) is 52.1 Å².